The summed E-state index contributed by atoms with van der Waals surface area (Å²) in [7, 11) is 0. The number of aryl methyl sites for hydroxylation is 2. The number of anilines is 1. The number of ketones is 1. The van der Waals surface area contributed by atoms with E-state index >= 15 is 0 Å². The minimum absolute atomic E-state index is 0.00843. The summed E-state index contributed by atoms with van der Waals surface area (Å²) >= 11 is 1.36. The number of aliphatic hydroxyl groups excluding tert-OH is 1. The van der Waals surface area contributed by atoms with Crippen LogP contribution in [0.2, 0.25) is 0 Å². The van der Waals surface area contributed by atoms with Gasteiger partial charge in [-0.2, -0.15) is 0 Å². The molecule has 4 aromatic rings. The second-order valence-corrected chi connectivity index (χ2v) is 10.1. The first-order chi connectivity index (χ1) is 18.4. The number of allylic oxidation sites excluding steroid dienone is 1. The lowest BCUT2D eigenvalue weighted by Gasteiger charge is -2.24. The van der Waals surface area contributed by atoms with Crippen molar-refractivity contribution < 1.29 is 19.4 Å². The van der Waals surface area contributed by atoms with Crippen molar-refractivity contribution >= 4 is 44.5 Å². The zero-order valence-corrected chi connectivity index (χ0v) is 21.9. The second kappa shape index (κ2) is 10.5. The van der Waals surface area contributed by atoms with Crippen molar-refractivity contribution in [1.82, 2.24) is 4.98 Å². The van der Waals surface area contributed by atoms with E-state index in [0.29, 0.717) is 23.1 Å². The van der Waals surface area contributed by atoms with E-state index in [1.165, 1.54) is 22.3 Å². The molecule has 1 aromatic heterocycles. The number of benzene rings is 3. The fourth-order valence-electron chi connectivity index (χ4n) is 4.56. The Morgan fingerprint density at radius 2 is 1.87 bits per heavy atom. The molecular formula is C31H26N2O4S. The van der Waals surface area contributed by atoms with E-state index in [2.05, 4.69) is 6.58 Å². The fraction of sp³-hybridized carbons (Fsp3) is 0.129. The smallest absolute Gasteiger partial charge is 0.296 e. The average Bonchev–Trinajstić information content (AvgIpc) is 3.45. The molecule has 1 unspecified atom stereocenters. The minimum atomic E-state index is -0.856. The number of hydrogen-bond donors (Lipinski definition) is 1. The summed E-state index contributed by atoms with van der Waals surface area (Å²) in [5, 5.41) is 11.4. The van der Waals surface area contributed by atoms with Crippen LogP contribution in [-0.2, 0) is 9.59 Å². The van der Waals surface area contributed by atoms with E-state index in [4.69, 9.17) is 9.72 Å². The molecule has 0 bridgehead atoms. The summed E-state index contributed by atoms with van der Waals surface area (Å²) in [5.41, 5.74) is 4.37. The molecule has 0 fully saturated rings. The number of carbonyl (C=O) groups excluding carboxylic acids is 2. The number of thiazole rings is 1. The lowest BCUT2D eigenvalue weighted by molar-refractivity contribution is -0.117. The molecule has 38 heavy (non-hydrogen) atoms. The van der Waals surface area contributed by atoms with Gasteiger partial charge in [0, 0.05) is 0 Å². The first-order valence-electron chi connectivity index (χ1n) is 12.1. The standard InChI is InChI=1S/C31H26N2O4S/c1-4-16-37-23-13-11-22(12-14-23)28-26(24(34)15-10-21-8-6-5-7-9-21)29(35)30(36)33(28)31-32-27-20(3)17-19(2)18-25(27)38-31/h4-15,17-18,28,35H,1,16H2,2-3H3/b15-10+. The molecule has 1 amide bonds. The zero-order chi connectivity index (χ0) is 26.8. The van der Waals surface area contributed by atoms with Crippen LogP contribution in [0.25, 0.3) is 16.3 Å². The summed E-state index contributed by atoms with van der Waals surface area (Å²) in [6, 6.07) is 19.7. The normalized spacial score (nSPS) is 15.6. The summed E-state index contributed by atoms with van der Waals surface area (Å²) in [5.74, 6) is -1.06. The molecule has 1 N–H and O–H groups in total. The molecule has 5 rings (SSSR count). The van der Waals surface area contributed by atoms with Crippen molar-refractivity contribution in [2.24, 2.45) is 0 Å². The first kappa shape index (κ1) is 25.2. The van der Waals surface area contributed by atoms with Gasteiger partial charge in [-0.1, -0.05) is 78.6 Å². The second-order valence-electron chi connectivity index (χ2n) is 9.04. The number of rotatable bonds is 8. The van der Waals surface area contributed by atoms with Crippen molar-refractivity contribution in [2.45, 2.75) is 19.9 Å². The first-order valence-corrected chi connectivity index (χ1v) is 12.9. The molecule has 190 valence electrons. The largest absolute Gasteiger partial charge is 0.503 e. The van der Waals surface area contributed by atoms with E-state index < -0.39 is 23.5 Å². The Bertz CT molecular complexity index is 1600. The molecule has 6 nitrogen and oxygen atoms in total. The van der Waals surface area contributed by atoms with Crippen LogP contribution < -0.4 is 9.64 Å². The van der Waals surface area contributed by atoms with Gasteiger partial charge in [0.1, 0.15) is 12.4 Å². The van der Waals surface area contributed by atoms with E-state index in [1.54, 1.807) is 36.4 Å². The van der Waals surface area contributed by atoms with Crippen LogP contribution in [0.15, 0.2) is 96.8 Å². The molecule has 7 heteroatoms. The summed E-state index contributed by atoms with van der Waals surface area (Å²) < 4.78 is 6.54. The Kier molecular flexibility index (Phi) is 6.94. The van der Waals surface area contributed by atoms with Crippen molar-refractivity contribution in [3.05, 3.63) is 119 Å². The van der Waals surface area contributed by atoms with Crippen molar-refractivity contribution in [3.8, 4) is 5.75 Å². The highest BCUT2D eigenvalue weighted by molar-refractivity contribution is 7.22. The lowest BCUT2D eigenvalue weighted by atomic mass is 9.95. The number of hydrogen-bond acceptors (Lipinski definition) is 6. The minimum Gasteiger partial charge on any atom is -0.503 e. The average molecular weight is 523 g/mol. The van der Waals surface area contributed by atoms with Crippen LogP contribution >= 0.6 is 11.3 Å². The molecule has 1 aliphatic heterocycles. The van der Waals surface area contributed by atoms with Gasteiger partial charge in [0.05, 0.1) is 21.8 Å². The molecule has 0 spiro atoms. The maximum absolute atomic E-state index is 13.5. The predicted molar refractivity (Wildman–Crippen MR) is 152 cm³/mol. The van der Waals surface area contributed by atoms with Gasteiger partial charge in [0.2, 0.25) is 0 Å². The summed E-state index contributed by atoms with van der Waals surface area (Å²) in [6.07, 6.45) is 4.71. The number of aliphatic hydroxyl groups is 1. The molecule has 0 saturated heterocycles. The number of nitrogens with zero attached hydrogens (tertiary/aromatic N) is 2. The Morgan fingerprint density at radius 1 is 1.13 bits per heavy atom. The maximum Gasteiger partial charge on any atom is 0.296 e. The van der Waals surface area contributed by atoms with Crippen LogP contribution in [-0.4, -0.2) is 28.4 Å². The number of fused-ring (bicyclic) bond motifs is 1. The molecule has 1 atom stereocenters. The van der Waals surface area contributed by atoms with Gasteiger partial charge in [0.25, 0.3) is 5.91 Å². The predicted octanol–water partition coefficient (Wildman–Crippen LogP) is 6.66. The number of carbonyl (C=O) groups is 2. The van der Waals surface area contributed by atoms with Crippen molar-refractivity contribution in [1.29, 1.82) is 0 Å². The van der Waals surface area contributed by atoms with Gasteiger partial charge < -0.3 is 9.84 Å². The van der Waals surface area contributed by atoms with Crippen LogP contribution in [0, 0.1) is 13.8 Å². The lowest BCUT2D eigenvalue weighted by Crippen LogP contribution is -2.30. The van der Waals surface area contributed by atoms with Crippen molar-refractivity contribution in [2.75, 3.05) is 11.5 Å². The molecule has 2 heterocycles. The SMILES string of the molecule is C=CCOc1ccc(C2C(C(=O)/C=C/c3ccccc3)=C(O)C(=O)N2c2nc3c(C)cc(C)cc3s2)cc1. The monoisotopic (exact) mass is 522 g/mol. The molecule has 1 aliphatic rings. The van der Waals surface area contributed by atoms with E-state index in [9.17, 15) is 14.7 Å². The third-order valence-corrected chi connectivity index (χ3v) is 7.29. The van der Waals surface area contributed by atoms with Crippen LogP contribution in [0.3, 0.4) is 0 Å². The molecule has 0 saturated carbocycles. The van der Waals surface area contributed by atoms with Gasteiger partial charge >= 0.3 is 0 Å². The van der Waals surface area contributed by atoms with Gasteiger partial charge in [-0.05, 0) is 60.4 Å². The van der Waals surface area contributed by atoms with Crippen LogP contribution in [0.1, 0.15) is 28.3 Å². The van der Waals surface area contributed by atoms with Gasteiger partial charge in [-0.3, -0.25) is 14.5 Å². The fourth-order valence-corrected chi connectivity index (χ4v) is 5.73. The third kappa shape index (κ3) is 4.76. The quantitative estimate of drug-likeness (QED) is 0.207. The highest BCUT2D eigenvalue weighted by Gasteiger charge is 2.45. The Morgan fingerprint density at radius 3 is 2.58 bits per heavy atom. The van der Waals surface area contributed by atoms with E-state index in [-0.39, 0.29) is 5.57 Å². The van der Waals surface area contributed by atoms with Crippen LogP contribution in [0.5, 0.6) is 5.75 Å². The number of ether oxygens (including phenoxy) is 1. The third-order valence-electron chi connectivity index (χ3n) is 6.29. The molecule has 3 aromatic carbocycles. The number of aromatic nitrogens is 1. The van der Waals surface area contributed by atoms with Crippen LogP contribution in [0.4, 0.5) is 5.13 Å². The Hall–Kier alpha value is -4.49. The number of amides is 1. The van der Waals surface area contributed by atoms with E-state index in [1.807, 2.05) is 56.3 Å². The maximum atomic E-state index is 13.5. The van der Waals surface area contributed by atoms with Gasteiger partial charge in [-0.15, -0.1) is 0 Å². The van der Waals surface area contributed by atoms with E-state index in [0.717, 1.165) is 26.9 Å². The highest BCUT2D eigenvalue weighted by atomic mass is 32.1. The van der Waals surface area contributed by atoms with Crippen molar-refractivity contribution in [3.63, 3.8) is 0 Å². The van der Waals surface area contributed by atoms with Gasteiger partial charge in [0.15, 0.2) is 16.7 Å². The molecular weight excluding hydrogens is 496 g/mol. The Balaban J connectivity index is 1.59. The highest BCUT2D eigenvalue weighted by Crippen LogP contribution is 2.44. The summed E-state index contributed by atoms with van der Waals surface area (Å²) in [4.78, 5) is 33.1. The Labute approximate surface area is 224 Å². The molecule has 0 aliphatic carbocycles. The molecule has 0 radical (unpaired) electrons. The topological polar surface area (TPSA) is 79.7 Å². The summed E-state index contributed by atoms with van der Waals surface area (Å²) in [6.45, 7) is 8.00. The zero-order valence-electron chi connectivity index (χ0n) is 21.0. The van der Waals surface area contributed by atoms with Gasteiger partial charge in [-0.25, -0.2) is 4.98 Å².